The molecule has 31 heavy (non-hydrogen) atoms. The summed E-state index contributed by atoms with van der Waals surface area (Å²) in [5, 5.41) is -0.971. The number of rotatable bonds is 8. The van der Waals surface area contributed by atoms with Crippen LogP contribution in [0.5, 0.6) is 5.75 Å². The molecule has 16 heteroatoms. The van der Waals surface area contributed by atoms with E-state index in [9.17, 15) is 5.11 Å². The molecule has 0 bridgehead atoms. The Labute approximate surface area is 199 Å². The van der Waals surface area contributed by atoms with Crippen LogP contribution in [0, 0.1) is 0 Å². The first kappa shape index (κ1) is 26.7. The van der Waals surface area contributed by atoms with Crippen LogP contribution in [-0.4, -0.2) is 149 Å². The maximum Gasteiger partial charge on any atom is 0.118 e. The molecule has 1 fully saturated rings. The van der Waals surface area contributed by atoms with Crippen molar-refractivity contribution in [3.8, 4) is 5.75 Å². The van der Waals surface area contributed by atoms with Crippen LogP contribution in [-0.2, 0) is 4.74 Å². The van der Waals surface area contributed by atoms with Crippen LogP contribution < -0.4 is 9.64 Å². The van der Waals surface area contributed by atoms with E-state index < -0.39 is 26.8 Å². The molecule has 0 atom stereocenters. The molecule has 0 spiro atoms. The molecule has 1 aliphatic heterocycles. The molecule has 1 N–H and O–H groups in total. The van der Waals surface area contributed by atoms with Crippen molar-refractivity contribution in [3.05, 3.63) is 24.3 Å². The van der Waals surface area contributed by atoms with Gasteiger partial charge in [-0.1, -0.05) is 0 Å². The minimum absolute atomic E-state index is 0.243. The smallest absolute Gasteiger partial charge is 0.118 e. The van der Waals surface area contributed by atoms with Gasteiger partial charge in [0.05, 0.1) is 54.9 Å². The van der Waals surface area contributed by atoms with Gasteiger partial charge in [-0.2, -0.15) is 0 Å². The highest BCUT2D eigenvalue weighted by molar-refractivity contribution is 6.59. The SMILES string of the molecule is [B]C([B])([B])OC([B])([B])C([B])([B])Oc1ccc(N2CCN(C([B])([B])C([B])([B])O)CC2)cc1. The molecule has 1 saturated heterocycles. The molecule has 0 aliphatic carbocycles. The van der Waals surface area contributed by atoms with E-state index in [1.54, 1.807) is 29.2 Å². The lowest BCUT2D eigenvalue weighted by Gasteiger charge is -2.52. The van der Waals surface area contributed by atoms with E-state index in [4.69, 9.17) is 95.8 Å². The largest absolute Gasteiger partial charge is 0.506 e. The Balaban J connectivity index is 2.02. The number of hydrogen-bond donors (Lipinski definition) is 1. The zero-order chi connectivity index (χ0) is 23.9. The van der Waals surface area contributed by atoms with Gasteiger partial charge < -0.3 is 24.4 Å². The van der Waals surface area contributed by atoms with Crippen molar-refractivity contribution in [1.82, 2.24) is 4.90 Å². The van der Waals surface area contributed by atoms with Crippen LogP contribution >= 0.6 is 0 Å². The lowest BCUT2D eigenvalue weighted by atomic mass is 9.39. The first-order valence-corrected chi connectivity index (χ1v) is 9.25. The van der Waals surface area contributed by atoms with E-state index in [0.717, 1.165) is 5.69 Å². The maximum atomic E-state index is 9.79. The Morgan fingerprint density at radius 1 is 0.710 bits per heavy atom. The average Bonchev–Trinajstić information content (AvgIpc) is 2.59. The lowest BCUT2D eigenvalue weighted by Crippen LogP contribution is -2.69. The first-order valence-electron chi connectivity index (χ1n) is 9.25. The molecule has 1 aromatic carbocycles. The summed E-state index contributed by atoms with van der Waals surface area (Å²) in [4.78, 5) is 3.65. The van der Waals surface area contributed by atoms with Gasteiger partial charge in [-0.25, -0.2) is 0 Å². The van der Waals surface area contributed by atoms with E-state index in [-0.39, 0.29) is 5.75 Å². The fraction of sp³-hybridized carbons (Fsp3) is 0.600. The number of ether oxygens (including phenoxy) is 2. The molecule has 1 aliphatic rings. The summed E-state index contributed by atoms with van der Waals surface area (Å²) in [6.07, 6.45) is 0. The van der Waals surface area contributed by atoms with Crippen LogP contribution in [0.4, 0.5) is 5.69 Å². The summed E-state index contributed by atoms with van der Waals surface area (Å²) in [5.41, 5.74) is 0.856. The van der Waals surface area contributed by atoms with E-state index in [0.29, 0.717) is 26.2 Å². The van der Waals surface area contributed by atoms with Gasteiger partial charge in [0.2, 0.25) is 0 Å². The third-order valence-electron chi connectivity index (χ3n) is 4.89. The number of nitrogens with zero attached hydrogens (tertiary/aromatic N) is 2. The topological polar surface area (TPSA) is 45.2 Å². The molecular formula is C15H13B11N2O3. The summed E-state index contributed by atoms with van der Waals surface area (Å²) in [6, 6.07) is 6.72. The minimum Gasteiger partial charge on any atom is -0.506 e. The van der Waals surface area contributed by atoms with Crippen molar-refractivity contribution < 1.29 is 14.6 Å². The van der Waals surface area contributed by atoms with Gasteiger partial charge in [0.1, 0.15) is 37.1 Å². The molecule has 134 valence electrons. The third kappa shape index (κ3) is 6.48. The Bertz CT molecular complexity index is 742. The van der Waals surface area contributed by atoms with Gasteiger partial charge in [-0.15, -0.1) is 0 Å². The number of benzene rings is 1. The summed E-state index contributed by atoms with van der Waals surface area (Å²) in [6.45, 7) is 1.91. The first-order chi connectivity index (χ1) is 13.9. The Morgan fingerprint density at radius 3 is 1.61 bits per heavy atom. The fourth-order valence-electron chi connectivity index (χ4n) is 2.96. The minimum atomic E-state index is -2.31. The molecule has 0 aromatic heterocycles. The molecule has 1 heterocycles. The highest BCUT2D eigenvalue weighted by Gasteiger charge is 2.40. The summed E-state index contributed by atoms with van der Waals surface area (Å²) >= 11 is 0. The fourth-order valence-corrected chi connectivity index (χ4v) is 2.96. The number of aliphatic hydroxyl groups is 1. The standard InChI is InChI=1S/C15H13B11N2O3/c16-11(17,12(18,19)29)28-7-5-27(6-8-28)9-1-3-10(4-2-9)30-13(20,21)14(22,23)31-15(24,25)26/h1-4,29H,5-8H2. The van der Waals surface area contributed by atoms with Crippen LogP contribution in [0.15, 0.2) is 24.3 Å². The summed E-state index contributed by atoms with van der Waals surface area (Å²) in [7, 11) is 61.8. The molecule has 22 radical (unpaired) electrons. The second-order valence-electron chi connectivity index (χ2n) is 7.76. The van der Waals surface area contributed by atoms with Crippen molar-refractivity contribution in [1.29, 1.82) is 0 Å². The van der Waals surface area contributed by atoms with Gasteiger partial charge in [-0.3, -0.25) is 0 Å². The van der Waals surface area contributed by atoms with Crippen molar-refractivity contribution in [3.63, 3.8) is 0 Å². The monoisotopic (exact) mass is 390 g/mol. The Morgan fingerprint density at radius 2 is 1.19 bits per heavy atom. The Kier molecular flexibility index (Phi) is 7.73. The second kappa shape index (κ2) is 8.98. The second-order valence-corrected chi connectivity index (χ2v) is 7.76. The van der Waals surface area contributed by atoms with E-state index in [2.05, 4.69) is 0 Å². The van der Waals surface area contributed by atoms with Crippen LogP contribution in [0.25, 0.3) is 0 Å². The highest BCUT2D eigenvalue weighted by atomic mass is 16.6. The van der Waals surface area contributed by atoms with E-state index in [1.165, 1.54) is 0 Å². The summed E-state index contributed by atoms with van der Waals surface area (Å²) in [5.74, 6) is 0.243. The predicted octanol–water partition coefficient (Wildman–Crippen LogP) is -4.72. The molecule has 0 amide bonds. The molecule has 0 saturated carbocycles. The molecule has 2 rings (SSSR count). The molecule has 5 nitrogen and oxygen atoms in total. The van der Waals surface area contributed by atoms with Crippen molar-refractivity contribution >= 4 is 92.0 Å². The van der Waals surface area contributed by atoms with Crippen molar-refractivity contribution in [2.75, 3.05) is 31.1 Å². The average molecular weight is 388 g/mol. The zero-order valence-corrected chi connectivity index (χ0v) is 17.1. The molecule has 1 aromatic rings. The predicted molar refractivity (Wildman–Crippen MR) is 131 cm³/mol. The van der Waals surface area contributed by atoms with Crippen LogP contribution in [0.3, 0.4) is 0 Å². The van der Waals surface area contributed by atoms with Crippen LogP contribution in [0.2, 0.25) is 0 Å². The van der Waals surface area contributed by atoms with E-state index in [1.807, 2.05) is 4.90 Å². The van der Waals surface area contributed by atoms with Crippen molar-refractivity contribution in [2.24, 2.45) is 0 Å². The number of hydrogen-bond acceptors (Lipinski definition) is 5. The quantitative estimate of drug-likeness (QED) is 0.454. The van der Waals surface area contributed by atoms with Gasteiger partial charge >= 0.3 is 0 Å². The normalized spacial score (nSPS) is 17.4. The van der Waals surface area contributed by atoms with Crippen molar-refractivity contribution in [2.45, 2.75) is 26.8 Å². The maximum absolute atomic E-state index is 9.79. The van der Waals surface area contributed by atoms with E-state index >= 15 is 0 Å². The highest BCUT2D eigenvalue weighted by Crippen LogP contribution is 2.28. The number of piperazine rings is 1. The Hall–Kier alpha value is -0.586. The molecular weight excluding hydrogens is 375 g/mol. The van der Waals surface area contributed by atoms with Gasteiger partial charge in [0, 0.05) is 42.7 Å². The van der Waals surface area contributed by atoms with Gasteiger partial charge in [-0.05, 0) is 40.3 Å². The summed E-state index contributed by atoms with van der Waals surface area (Å²) < 4.78 is 10.3. The molecule has 0 unspecified atom stereocenters. The zero-order valence-electron chi connectivity index (χ0n) is 17.1. The third-order valence-corrected chi connectivity index (χ3v) is 4.89. The van der Waals surface area contributed by atoms with Gasteiger partial charge in [0.15, 0.2) is 0 Å². The number of anilines is 1. The van der Waals surface area contributed by atoms with Crippen LogP contribution in [0.1, 0.15) is 0 Å². The lowest BCUT2D eigenvalue weighted by molar-refractivity contribution is 0.00241. The van der Waals surface area contributed by atoms with Gasteiger partial charge in [0.25, 0.3) is 0 Å².